The maximum atomic E-state index is 6.82. The lowest BCUT2D eigenvalue weighted by molar-refractivity contribution is -0.00141. The minimum atomic E-state index is -0.760. The maximum absolute atomic E-state index is 6.82. The Hall–Kier alpha value is -3.69. The van der Waals surface area contributed by atoms with Gasteiger partial charge < -0.3 is 9.47 Å². The Morgan fingerprint density at radius 2 is 1.19 bits per heavy atom. The number of hydrogen-bond acceptors (Lipinski definition) is 3. The molecule has 0 spiro atoms. The van der Waals surface area contributed by atoms with Gasteiger partial charge in [-0.2, -0.15) is 0 Å². The molecule has 0 saturated heterocycles. The Morgan fingerprint density at radius 3 is 1.68 bits per heavy atom. The third kappa shape index (κ3) is 4.57. The molecule has 0 radical (unpaired) electrons. The molecule has 0 amide bonds. The van der Waals surface area contributed by atoms with Gasteiger partial charge in [0.1, 0.15) is 5.60 Å². The molecule has 0 bridgehead atoms. The Bertz CT molecular complexity index is 1010. The average Bonchev–Trinajstić information content (AvgIpc) is 2.85. The molecule has 0 N–H and O–H groups in total. The highest BCUT2D eigenvalue weighted by Crippen LogP contribution is 2.40. The number of pyridine rings is 1. The molecule has 3 nitrogen and oxygen atoms in total. The van der Waals surface area contributed by atoms with E-state index in [1.54, 1.807) is 13.4 Å². The summed E-state index contributed by atoms with van der Waals surface area (Å²) in [7, 11) is 1.62. The molecule has 0 atom stereocenters. The monoisotopic (exact) mass is 407 g/mol. The standard InChI is InChI=1S/C28H25NO2/c1-30-21-20-26-18-11-19-27(29-26)22-31-28(23-12-5-2-6-13-23,24-14-7-3-8-15-24)25-16-9-4-10-17-25/h2-21H,22H2,1H3/b21-20+. The van der Waals surface area contributed by atoms with Gasteiger partial charge in [0.05, 0.1) is 31.4 Å². The summed E-state index contributed by atoms with van der Waals surface area (Å²) in [5.41, 5.74) is 4.13. The number of rotatable bonds is 8. The first-order valence-electron chi connectivity index (χ1n) is 10.3. The van der Waals surface area contributed by atoms with E-state index in [2.05, 4.69) is 36.4 Å². The van der Waals surface area contributed by atoms with Crippen LogP contribution in [0.1, 0.15) is 28.1 Å². The average molecular weight is 408 g/mol. The predicted octanol–water partition coefficient (Wildman–Crippen LogP) is 6.21. The van der Waals surface area contributed by atoms with E-state index in [1.165, 1.54) is 0 Å². The minimum absolute atomic E-state index is 0.355. The summed E-state index contributed by atoms with van der Waals surface area (Å²) in [6, 6.07) is 37.0. The van der Waals surface area contributed by atoms with Gasteiger partial charge in [0.15, 0.2) is 0 Å². The number of aromatic nitrogens is 1. The lowest BCUT2D eigenvalue weighted by atomic mass is 9.80. The largest absolute Gasteiger partial charge is 0.504 e. The van der Waals surface area contributed by atoms with Gasteiger partial charge in [-0.1, -0.05) is 97.1 Å². The summed E-state index contributed by atoms with van der Waals surface area (Å²) in [6.07, 6.45) is 3.46. The van der Waals surface area contributed by atoms with Gasteiger partial charge >= 0.3 is 0 Å². The highest BCUT2D eigenvalue weighted by Gasteiger charge is 2.37. The van der Waals surface area contributed by atoms with Crippen LogP contribution in [-0.4, -0.2) is 12.1 Å². The lowest BCUT2D eigenvalue weighted by Gasteiger charge is -2.36. The van der Waals surface area contributed by atoms with Gasteiger partial charge in [-0.05, 0) is 34.9 Å². The molecule has 4 aromatic rings. The molecule has 0 aliphatic carbocycles. The fourth-order valence-corrected chi connectivity index (χ4v) is 3.76. The summed E-state index contributed by atoms with van der Waals surface area (Å²) in [6.45, 7) is 0.355. The molecule has 0 unspecified atom stereocenters. The zero-order valence-electron chi connectivity index (χ0n) is 17.5. The fourth-order valence-electron chi connectivity index (χ4n) is 3.76. The van der Waals surface area contributed by atoms with Crippen LogP contribution in [-0.2, 0) is 21.7 Å². The van der Waals surface area contributed by atoms with Crippen LogP contribution in [0, 0.1) is 0 Å². The topological polar surface area (TPSA) is 31.4 Å². The summed E-state index contributed by atoms with van der Waals surface area (Å²) in [4.78, 5) is 4.70. The quantitative estimate of drug-likeness (QED) is 0.257. The zero-order chi connectivity index (χ0) is 21.4. The molecule has 1 aromatic heterocycles. The van der Waals surface area contributed by atoms with Crippen LogP contribution in [0.5, 0.6) is 0 Å². The van der Waals surface area contributed by atoms with Gasteiger partial charge in [-0.3, -0.25) is 4.98 Å². The third-order valence-electron chi connectivity index (χ3n) is 5.18. The van der Waals surface area contributed by atoms with Crippen molar-refractivity contribution in [1.82, 2.24) is 4.98 Å². The first kappa shape index (κ1) is 20.6. The molecule has 3 heteroatoms. The fraction of sp³-hybridized carbons (Fsp3) is 0.107. The van der Waals surface area contributed by atoms with Crippen molar-refractivity contribution in [2.45, 2.75) is 12.2 Å². The number of hydrogen-bond donors (Lipinski definition) is 0. The molecule has 1 heterocycles. The molecule has 0 aliphatic rings. The molecule has 3 aromatic carbocycles. The second-order valence-corrected chi connectivity index (χ2v) is 7.16. The third-order valence-corrected chi connectivity index (χ3v) is 5.18. The molecule has 4 rings (SSSR count). The second-order valence-electron chi connectivity index (χ2n) is 7.16. The first-order valence-corrected chi connectivity index (χ1v) is 10.3. The highest BCUT2D eigenvalue weighted by molar-refractivity contribution is 5.47. The van der Waals surface area contributed by atoms with Crippen LogP contribution in [0.4, 0.5) is 0 Å². The summed E-state index contributed by atoms with van der Waals surface area (Å²) in [5, 5.41) is 0. The summed E-state index contributed by atoms with van der Waals surface area (Å²) < 4.78 is 11.8. The van der Waals surface area contributed by atoms with Gasteiger partial charge in [0.25, 0.3) is 0 Å². The summed E-state index contributed by atoms with van der Waals surface area (Å²) >= 11 is 0. The van der Waals surface area contributed by atoms with Crippen LogP contribution in [0.3, 0.4) is 0 Å². The van der Waals surface area contributed by atoms with Crippen molar-refractivity contribution in [2.24, 2.45) is 0 Å². The van der Waals surface area contributed by atoms with Crippen molar-refractivity contribution in [3.05, 3.63) is 144 Å². The van der Waals surface area contributed by atoms with Gasteiger partial charge in [-0.15, -0.1) is 0 Å². The van der Waals surface area contributed by atoms with Crippen molar-refractivity contribution in [3.63, 3.8) is 0 Å². The van der Waals surface area contributed by atoms with Crippen LogP contribution >= 0.6 is 0 Å². The van der Waals surface area contributed by atoms with E-state index < -0.39 is 5.60 Å². The maximum Gasteiger partial charge on any atom is 0.144 e. The van der Waals surface area contributed by atoms with Gasteiger partial charge in [-0.25, -0.2) is 0 Å². The van der Waals surface area contributed by atoms with Crippen LogP contribution in [0.15, 0.2) is 115 Å². The number of ether oxygens (including phenoxy) is 2. The number of nitrogens with zero attached hydrogens (tertiary/aromatic N) is 1. The smallest absolute Gasteiger partial charge is 0.144 e. The van der Waals surface area contributed by atoms with Gasteiger partial charge in [0.2, 0.25) is 0 Å². The van der Waals surface area contributed by atoms with E-state index in [0.29, 0.717) is 6.61 Å². The molecule has 0 saturated carbocycles. The van der Waals surface area contributed by atoms with E-state index in [1.807, 2.05) is 78.9 Å². The highest BCUT2D eigenvalue weighted by atomic mass is 16.5. The molecule has 0 fully saturated rings. The van der Waals surface area contributed by atoms with Crippen LogP contribution in [0.2, 0.25) is 0 Å². The second kappa shape index (κ2) is 9.88. The first-order chi connectivity index (χ1) is 15.3. The van der Waals surface area contributed by atoms with E-state index in [9.17, 15) is 0 Å². The minimum Gasteiger partial charge on any atom is -0.504 e. The molecular formula is C28H25NO2. The van der Waals surface area contributed by atoms with Crippen molar-refractivity contribution in [3.8, 4) is 0 Å². The van der Waals surface area contributed by atoms with E-state index in [-0.39, 0.29) is 0 Å². The van der Waals surface area contributed by atoms with Crippen molar-refractivity contribution in [2.75, 3.05) is 7.11 Å². The lowest BCUT2D eigenvalue weighted by Crippen LogP contribution is -2.33. The van der Waals surface area contributed by atoms with E-state index in [0.717, 1.165) is 28.1 Å². The van der Waals surface area contributed by atoms with Crippen molar-refractivity contribution in [1.29, 1.82) is 0 Å². The zero-order valence-corrected chi connectivity index (χ0v) is 17.5. The molecular weight excluding hydrogens is 382 g/mol. The Labute approximate surface area is 183 Å². The molecule has 0 aliphatic heterocycles. The number of benzene rings is 3. The van der Waals surface area contributed by atoms with E-state index in [4.69, 9.17) is 14.5 Å². The molecule has 31 heavy (non-hydrogen) atoms. The Balaban J connectivity index is 1.80. The van der Waals surface area contributed by atoms with Crippen molar-refractivity contribution >= 4 is 6.08 Å². The normalized spacial score (nSPS) is 11.5. The predicted molar refractivity (Wildman–Crippen MR) is 124 cm³/mol. The van der Waals surface area contributed by atoms with Crippen LogP contribution in [0.25, 0.3) is 6.08 Å². The Morgan fingerprint density at radius 1 is 0.677 bits per heavy atom. The number of methoxy groups -OCH3 is 1. The van der Waals surface area contributed by atoms with Crippen molar-refractivity contribution < 1.29 is 9.47 Å². The van der Waals surface area contributed by atoms with Crippen LogP contribution < -0.4 is 0 Å². The van der Waals surface area contributed by atoms with Gasteiger partial charge in [0, 0.05) is 0 Å². The Kier molecular flexibility index (Phi) is 6.56. The molecule has 154 valence electrons. The SMILES string of the molecule is CO/C=C/c1cccc(COC(c2ccccc2)(c2ccccc2)c2ccccc2)n1. The summed E-state index contributed by atoms with van der Waals surface area (Å²) in [5.74, 6) is 0. The van der Waals surface area contributed by atoms with E-state index >= 15 is 0 Å².